The number of benzene rings is 1. The molecule has 1 aliphatic carbocycles. The molecule has 2 rings (SSSR count). The first-order chi connectivity index (χ1) is 7.79. The average molecular weight is 216 g/mol. The van der Waals surface area contributed by atoms with E-state index in [-0.39, 0.29) is 0 Å². The summed E-state index contributed by atoms with van der Waals surface area (Å²) >= 11 is 0. The average Bonchev–Trinajstić information content (AvgIpc) is 2.76. The van der Waals surface area contributed by atoms with E-state index in [0.717, 1.165) is 24.2 Å². The Morgan fingerprint density at radius 2 is 2.12 bits per heavy atom. The molecule has 0 bridgehead atoms. The number of hydrogen-bond donors (Lipinski definition) is 1. The second kappa shape index (κ2) is 4.89. The fourth-order valence-electron chi connectivity index (χ4n) is 2.09. The monoisotopic (exact) mass is 216 g/mol. The van der Waals surface area contributed by atoms with E-state index in [9.17, 15) is 0 Å². The third-order valence-corrected chi connectivity index (χ3v) is 2.99. The van der Waals surface area contributed by atoms with E-state index in [2.05, 4.69) is 6.07 Å². The van der Waals surface area contributed by atoms with Crippen molar-refractivity contribution in [2.24, 2.45) is 0 Å². The molecular weight excluding hydrogens is 200 g/mol. The zero-order valence-corrected chi connectivity index (χ0v) is 9.28. The van der Waals surface area contributed by atoms with Crippen molar-refractivity contribution >= 4 is 5.69 Å². The Balaban J connectivity index is 2.09. The lowest BCUT2D eigenvalue weighted by atomic mass is 10.1. The molecular formula is C13H16N2O. The molecule has 0 spiro atoms. The summed E-state index contributed by atoms with van der Waals surface area (Å²) in [5.74, 6) is 0.839. The molecule has 2 N–H and O–H groups in total. The summed E-state index contributed by atoms with van der Waals surface area (Å²) in [6, 6.07) is 7.70. The number of nitrogens with two attached hydrogens (primary N) is 1. The number of nitrogens with zero attached hydrogens (tertiary/aromatic N) is 1. The van der Waals surface area contributed by atoms with Crippen molar-refractivity contribution in [3.05, 3.63) is 23.8 Å². The maximum Gasteiger partial charge on any atom is 0.120 e. The summed E-state index contributed by atoms with van der Waals surface area (Å²) in [5, 5.41) is 8.67. The minimum Gasteiger partial charge on any atom is -0.490 e. The van der Waals surface area contributed by atoms with Gasteiger partial charge >= 0.3 is 0 Å². The second-order valence-corrected chi connectivity index (χ2v) is 4.22. The van der Waals surface area contributed by atoms with Gasteiger partial charge in [-0.3, -0.25) is 0 Å². The highest BCUT2D eigenvalue weighted by Crippen LogP contribution is 2.26. The predicted molar refractivity (Wildman–Crippen MR) is 63.1 cm³/mol. The van der Waals surface area contributed by atoms with Gasteiger partial charge in [0.1, 0.15) is 5.75 Å². The first-order valence-corrected chi connectivity index (χ1v) is 5.71. The van der Waals surface area contributed by atoms with Crippen molar-refractivity contribution in [2.75, 3.05) is 5.73 Å². The van der Waals surface area contributed by atoms with Crippen molar-refractivity contribution in [1.29, 1.82) is 5.26 Å². The van der Waals surface area contributed by atoms with Gasteiger partial charge in [0.25, 0.3) is 0 Å². The van der Waals surface area contributed by atoms with Crippen LogP contribution in [-0.4, -0.2) is 6.10 Å². The molecule has 0 atom stereocenters. The lowest BCUT2D eigenvalue weighted by molar-refractivity contribution is 0.210. The van der Waals surface area contributed by atoms with Crippen molar-refractivity contribution in [2.45, 2.75) is 38.2 Å². The Bertz CT molecular complexity index is 403. The van der Waals surface area contributed by atoms with Crippen LogP contribution in [0, 0.1) is 11.3 Å². The van der Waals surface area contributed by atoms with Gasteiger partial charge in [0.2, 0.25) is 0 Å². The van der Waals surface area contributed by atoms with Crippen LogP contribution in [0.4, 0.5) is 5.69 Å². The van der Waals surface area contributed by atoms with Crippen molar-refractivity contribution in [3.63, 3.8) is 0 Å². The van der Waals surface area contributed by atoms with Crippen LogP contribution in [0.15, 0.2) is 18.2 Å². The number of hydrogen-bond acceptors (Lipinski definition) is 3. The molecule has 0 unspecified atom stereocenters. The lowest BCUT2D eigenvalue weighted by Crippen LogP contribution is -2.11. The highest BCUT2D eigenvalue weighted by molar-refractivity contribution is 5.51. The summed E-state index contributed by atoms with van der Waals surface area (Å²) < 4.78 is 5.85. The highest BCUT2D eigenvalue weighted by Gasteiger charge is 2.16. The summed E-state index contributed by atoms with van der Waals surface area (Å²) in [7, 11) is 0. The summed E-state index contributed by atoms with van der Waals surface area (Å²) in [6.45, 7) is 0. The minimum absolute atomic E-state index is 0.341. The fourth-order valence-corrected chi connectivity index (χ4v) is 2.09. The molecule has 0 saturated heterocycles. The maximum atomic E-state index is 8.67. The lowest BCUT2D eigenvalue weighted by Gasteiger charge is -2.14. The predicted octanol–water partition coefficient (Wildman–Crippen LogP) is 2.66. The quantitative estimate of drug-likeness (QED) is 0.790. The molecule has 16 heavy (non-hydrogen) atoms. The van der Waals surface area contributed by atoms with E-state index in [1.165, 1.54) is 12.8 Å². The molecule has 0 heterocycles. The topological polar surface area (TPSA) is 59.0 Å². The second-order valence-electron chi connectivity index (χ2n) is 4.22. The molecule has 0 amide bonds. The van der Waals surface area contributed by atoms with Crippen molar-refractivity contribution in [1.82, 2.24) is 0 Å². The van der Waals surface area contributed by atoms with E-state index in [0.29, 0.717) is 18.2 Å². The van der Waals surface area contributed by atoms with Gasteiger partial charge in [-0.25, -0.2) is 0 Å². The van der Waals surface area contributed by atoms with Gasteiger partial charge in [0, 0.05) is 5.69 Å². The van der Waals surface area contributed by atoms with Crippen LogP contribution in [0.5, 0.6) is 5.75 Å². The van der Waals surface area contributed by atoms with Crippen LogP contribution < -0.4 is 10.5 Å². The molecule has 1 aliphatic rings. The van der Waals surface area contributed by atoms with Gasteiger partial charge in [-0.05, 0) is 49.4 Å². The molecule has 0 aliphatic heterocycles. The Labute approximate surface area is 95.8 Å². The number of rotatable bonds is 3. The van der Waals surface area contributed by atoms with Gasteiger partial charge in [0.15, 0.2) is 0 Å². The molecule has 0 radical (unpaired) electrons. The zero-order valence-electron chi connectivity index (χ0n) is 9.28. The first kappa shape index (κ1) is 10.8. The first-order valence-electron chi connectivity index (χ1n) is 5.71. The van der Waals surface area contributed by atoms with E-state index in [4.69, 9.17) is 15.7 Å². The SMILES string of the molecule is N#CCc1cc(OC2CCCC2)ccc1N. The van der Waals surface area contributed by atoms with Gasteiger partial charge in [-0.15, -0.1) is 0 Å². The van der Waals surface area contributed by atoms with Crippen molar-refractivity contribution < 1.29 is 4.74 Å². The Morgan fingerprint density at radius 1 is 1.38 bits per heavy atom. The smallest absolute Gasteiger partial charge is 0.120 e. The van der Waals surface area contributed by atoms with Gasteiger partial charge in [-0.2, -0.15) is 5.26 Å². The van der Waals surface area contributed by atoms with Crippen LogP contribution in [0.1, 0.15) is 31.2 Å². The minimum atomic E-state index is 0.341. The molecule has 1 fully saturated rings. The number of ether oxygens (including phenoxy) is 1. The molecule has 3 nitrogen and oxygen atoms in total. The Morgan fingerprint density at radius 3 is 2.81 bits per heavy atom. The Kier molecular flexibility index (Phi) is 3.31. The van der Waals surface area contributed by atoms with E-state index >= 15 is 0 Å². The fraction of sp³-hybridized carbons (Fsp3) is 0.462. The molecule has 3 heteroatoms. The van der Waals surface area contributed by atoms with E-state index in [1.54, 1.807) is 0 Å². The molecule has 1 aromatic rings. The molecule has 84 valence electrons. The molecule has 1 aromatic carbocycles. The number of nitrogen functional groups attached to an aromatic ring is 1. The normalized spacial score (nSPS) is 15.9. The van der Waals surface area contributed by atoms with Gasteiger partial charge in [-0.1, -0.05) is 0 Å². The van der Waals surface area contributed by atoms with E-state index in [1.807, 2.05) is 18.2 Å². The highest BCUT2D eigenvalue weighted by atomic mass is 16.5. The zero-order chi connectivity index (χ0) is 11.4. The van der Waals surface area contributed by atoms with Crippen LogP contribution in [-0.2, 0) is 6.42 Å². The standard InChI is InChI=1S/C13H16N2O/c14-8-7-10-9-12(5-6-13(10)15)16-11-3-1-2-4-11/h5-6,9,11H,1-4,7,15H2. The largest absolute Gasteiger partial charge is 0.490 e. The van der Waals surface area contributed by atoms with Gasteiger partial charge < -0.3 is 10.5 Å². The summed E-state index contributed by atoms with van der Waals surface area (Å²) in [6.07, 6.45) is 5.47. The molecule has 1 saturated carbocycles. The van der Waals surface area contributed by atoms with Crippen LogP contribution in [0.2, 0.25) is 0 Å². The number of anilines is 1. The maximum absolute atomic E-state index is 8.67. The summed E-state index contributed by atoms with van der Waals surface area (Å²) in [5.41, 5.74) is 7.30. The Hall–Kier alpha value is -1.69. The summed E-state index contributed by atoms with van der Waals surface area (Å²) in [4.78, 5) is 0. The third-order valence-electron chi connectivity index (χ3n) is 2.99. The van der Waals surface area contributed by atoms with Crippen LogP contribution in [0.25, 0.3) is 0 Å². The van der Waals surface area contributed by atoms with Crippen molar-refractivity contribution in [3.8, 4) is 11.8 Å². The van der Waals surface area contributed by atoms with Gasteiger partial charge in [0.05, 0.1) is 18.6 Å². The van der Waals surface area contributed by atoms with Crippen LogP contribution >= 0.6 is 0 Å². The van der Waals surface area contributed by atoms with E-state index < -0.39 is 0 Å². The third kappa shape index (κ3) is 2.46. The number of nitriles is 1. The molecule has 0 aromatic heterocycles. The van der Waals surface area contributed by atoms with Crippen LogP contribution in [0.3, 0.4) is 0 Å².